The number of carbonyl (C=O) groups is 3. The number of esters is 1. The predicted octanol–water partition coefficient (Wildman–Crippen LogP) is 2.35. The first-order valence-corrected chi connectivity index (χ1v) is 8.27. The fourth-order valence-electron chi connectivity index (χ4n) is 2.86. The van der Waals surface area contributed by atoms with Crippen LogP contribution in [0.25, 0.3) is 0 Å². The Morgan fingerprint density at radius 2 is 2.00 bits per heavy atom. The number of methoxy groups -OCH3 is 1. The molecule has 1 heterocycles. The number of amides is 2. The third-order valence-corrected chi connectivity index (χ3v) is 4.53. The molecule has 6 nitrogen and oxygen atoms in total. The quantitative estimate of drug-likeness (QED) is 0.763. The second-order valence-electron chi connectivity index (χ2n) is 5.57. The van der Waals surface area contributed by atoms with Gasteiger partial charge in [-0.3, -0.25) is 9.59 Å². The molecule has 0 N–H and O–H groups in total. The number of carbonyl (C=O) groups excluding carboxylic acids is 3. The van der Waals surface area contributed by atoms with Crippen molar-refractivity contribution in [3.63, 3.8) is 0 Å². The van der Waals surface area contributed by atoms with E-state index in [9.17, 15) is 14.4 Å². The average molecular weight is 353 g/mol. The number of hydrogen-bond donors (Lipinski definition) is 0. The van der Waals surface area contributed by atoms with Gasteiger partial charge in [-0.2, -0.15) is 0 Å². The molecule has 130 valence electrons. The van der Waals surface area contributed by atoms with Crippen molar-refractivity contribution < 1.29 is 19.1 Å². The zero-order valence-corrected chi connectivity index (χ0v) is 14.8. The van der Waals surface area contributed by atoms with Gasteiger partial charge in [0.25, 0.3) is 0 Å². The number of rotatable bonds is 5. The Morgan fingerprint density at radius 3 is 2.58 bits per heavy atom. The molecule has 24 heavy (non-hydrogen) atoms. The SMILES string of the molecule is CCN(CC)C(=O)C1CC(=O)N(c2cc(C(=O)OC)ccc2Cl)C1. The highest BCUT2D eigenvalue weighted by Gasteiger charge is 2.37. The van der Waals surface area contributed by atoms with Crippen LogP contribution in [0.3, 0.4) is 0 Å². The monoisotopic (exact) mass is 352 g/mol. The van der Waals surface area contributed by atoms with E-state index in [2.05, 4.69) is 0 Å². The van der Waals surface area contributed by atoms with E-state index in [-0.39, 0.29) is 24.8 Å². The molecule has 0 bridgehead atoms. The van der Waals surface area contributed by atoms with Crippen LogP contribution in [0.5, 0.6) is 0 Å². The molecule has 1 saturated heterocycles. The smallest absolute Gasteiger partial charge is 0.337 e. The molecule has 7 heteroatoms. The van der Waals surface area contributed by atoms with Crippen LogP contribution in [0, 0.1) is 5.92 Å². The number of hydrogen-bond acceptors (Lipinski definition) is 4. The average Bonchev–Trinajstić information content (AvgIpc) is 2.97. The van der Waals surface area contributed by atoms with Gasteiger partial charge in [0.05, 0.1) is 29.3 Å². The van der Waals surface area contributed by atoms with Gasteiger partial charge in [-0.25, -0.2) is 4.79 Å². The lowest BCUT2D eigenvalue weighted by atomic mass is 10.1. The molecule has 0 aliphatic carbocycles. The highest BCUT2D eigenvalue weighted by Crippen LogP contribution is 2.33. The third kappa shape index (κ3) is 3.53. The molecule has 1 aromatic carbocycles. The van der Waals surface area contributed by atoms with Gasteiger partial charge in [0.2, 0.25) is 11.8 Å². The lowest BCUT2D eigenvalue weighted by molar-refractivity contribution is -0.135. The summed E-state index contributed by atoms with van der Waals surface area (Å²) in [5.74, 6) is -1.11. The molecule has 0 spiro atoms. The van der Waals surface area contributed by atoms with Crippen molar-refractivity contribution in [1.29, 1.82) is 0 Å². The Morgan fingerprint density at radius 1 is 1.33 bits per heavy atom. The number of halogens is 1. The minimum absolute atomic E-state index is 0.0314. The lowest BCUT2D eigenvalue weighted by Gasteiger charge is -2.23. The molecular formula is C17H21ClN2O4. The van der Waals surface area contributed by atoms with E-state index >= 15 is 0 Å². The molecule has 2 amide bonds. The molecule has 1 unspecified atom stereocenters. The maximum absolute atomic E-state index is 12.5. The molecule has 1 aliphatic rings. The van der Waals surface area contributed by atoms with Crippen LogP contribution < -0.4 is 4.90 Å². The molecule has 2 rings (SSSR count). The maximum Gasteiger partial charge on any atom is 0.337 e. The number of nitrogens with zero attached hydrogens (tertiary/aromatic N) is 2. The first kappa shape index (κ1) is 18.3. The van der Waals surface area contributed by atoms with Crippen LogP contribution >= 0.6 is 11.6 Å². The number of anilines is 1. The molecule has 0 radical (unpaired) electrons. The molecular weight excluding hydrogens is 332 g/mol. The van der Waals surface area contributed by atoms with E-state index in [1.54, 1.807) is 11.0 Å². The van der Waals surface area contributed by atoms with Gasteiger partial charge in [0, 0.05) is 26.1 Å². The first-order chi connectivity index (χ1) is 11.4. The van der Waals surface area contributed by atoms with Crippen molar-refractivity contribution in [1.82, 2.24) is 4.90 Å². The van der Waals surface area contributed by atoms with Crippen LogP contribution in [0.4, 0.5) is 5.69 Å². The van der Waals surface area contributed by atoms with Gasteiger partial charge in [0.1, 0.15) is 0 Å². The molecule has 1 fully saturated rings. The van der Waals surface area contributed by atoms with E-state index in [0.29, 0.717) is 29.4 Å². The standard InChI is InChI=1S/C17H21ClN2O4/c1-4-19(5-2)16(22)12-9-15(21)20(10-12)14-8-11(17(23)24-3)6-7-13(14)18/h6-8,12H,4-5,9-10H2,1-3H3. The largest absolute Gasteiger partial charge is 0.465 e. The van der Waals surface area contributed by atoms with Crippen molar-refractivity contribution >= 4 is 35.1 Å². The summed E-state index contributed by atoms with van der Waals surface area (Å²) in [6.45, 7) is 5.30. The zero-order valence-electron chi connectivity index (χ0n) is 14.0. The van der Waals surface area contributed by atoms with E-state index in [1.165, 1.54) is 24.1 Å². The Bertz CT molecular complexity index is 658. The zero-order chi connectivity index (χ0) is 17.9. The second kappa shape index (κ2) is 7.66. The van der Waals surface area contributed by atoms with Gasteiger partial charge < -0.3 is 14.5 Å². The Kier molecular flexibility index (Phi) is 5.83. The Hall–Kier alpha value is -2.08. The fraction of sp³-hybridized carbons (Fsp3) is 0.471. The highest BCUT2D eigenvalue weighted by atomic mass is 35.5. The molecule has 0 aromatic heterocycles. The van der Waals surface area contributed by atoms with Gasteiger partial charge in [-0.1, -0.05) is 11.6 Å². The van der Waals surface area contributed by atoms with Crippen LogP contribution in [-0.2, 0) is 14.3 Å². The minimum atomic E-state index is -0.504. The topological polar surface area (TPSA) is 66.9 Å². The van der Waals surface area contributed by atoms with Gasteiger partial charge >= 0.3 is 5.97 Å². The summed E-state index contributed by atoms with van der Waals surface area (Å²) in [5.41, 5.74) is 0.739. The van der Waals surface area contributed by atoms with Gasteiger partial charge in [-0.15, -0.1) is 0 Å². The maximum atomic E-state index is 12.5. The first-order valence-electron chi connectivity index (χ1n) is 7.89. The summed E-state index contributed by atoms with van der Waals surface area (Å²) in [6, 6.07) is 4.61. The van der Waals surface area contributed by atoms with Crippen molar-refractivity contribution in [2.75, 3.05) is 31.6 Å². The Balaban J connectivity index is 2.26. The molecule has 1 aromatic rings. The summed E-state index contributed by atoms with van der Waals surface area (Å²) < 4.78 is 4.69. The predicted molar refractivity (Wildman–Crippen MR) is 91.2 cm³/mol. The summed E-state index contributed by atoms with van der Waals surface area (Å²) >= 11 is 6.19. The summed E-state index contributed by atoms with van der Waals surface area (Å²) in [4.78, 5) is 39.7. The van der Waals surface area contributed by atoms with Gasteiger partial charge in [0.15, 0.2) is 0 Å². The van der Waals surface area contributed by atoms with E-state index < -0.39 is 11.9 Å². The minimum Gasteiger partial charge on any atom is -0.465 e. The van der Waals surface area contributed by atoms with Crippen molar-refractivity contribution in [3.05, 3.63) is 28.8 Å². The van der Waals surface area contributed by atoms with Crippen LogP contribution in [0.15, 0.2) is 18.2 Å². The summed E-state index contributed by atoms with van der Waals surface area (Å²) in [7, 11) is 1.29. The normalized spacial score (nSPS) is 17.1. The van der Waals surface area contributed by atoms with Gasteiger partial charge in [-0.05, 0) is 32.0 Å². The molecule has 1 aliphatic heterocycles. The summed E-state index contributed by atoms with van der Waals surface area (Å²) in [5, 5.41) is 0.354. The van der Waals surface area contributed by atoms with Crippen LogP contribution in [0.1, 0.15) is 30.6 Å². The molecule has 1 atom stereocenters. The fourth-order valence-corrected chi connectivity index (χ4v) is 3.08. The van der Waals surface area contributed by atoms with Crippen molar-refractivity contribution in [2.45, 2.75) is 20.3 Å². The highest BCUT2D eigenvalue weighted by molar-refractivity contribution is 6.34. The van der Waals surface area contributed by atoms with E-state index in [1.807, 2.05) is 13.8 Å². The van der Waals surface area contributed by atoms with Crippen molar-refractivity contribution in [3.8, 4) is 0 Å². The Labute approximate surface area is 146 Å². The molecule has 0 saturated carbocycles. The van der Waals surface area contributed by atoms with Crippen molar-refractivity contribution in [2.24, 2.45) is 5.92 Å². The van der Waals surface area contributed by atoms with E-state index in [0.717, 1.165) is 0 Å². The second-order valence-corrected chi connectivity index (χ2v) is 5.98. The van der Waals surface area contributed by atoms with Crippen LogP contribution in [0.2, 0.25) is 5.02 Å². The summed E-state index contributed by atoms with van der Waals surface area (Å²) in [6.07, 6.45) is 0.147. The lowest BCUT2D eigenvalue weighted by Crippen LogP contribution is -2.37. The van der Waals surface area contributed by atoms with Crippen LogP contribution in [-0.4, -0.2) is 49.4 Å². The number of benzene rings is 1. The number of ether oxygens (including phenoxy) is 1. The third-order valence-electron chi connectivity index (χ3n) is 4.21. The van der Waals surface area contributed by atoms with E-state index in [4.69, 9.17) is 16.3 Å².